The lowest BCUT2D eigenvalue weighted by Crippen LogP contribution is -2.40. The topological polar surface area (TPSA) is 102 Å². The number of nitro benzene ring substituents is 1. The maximum absolute atomic E-state index is 12.5. The Morgan fingerprint density at radius 2 is 1.95 bits per heavy atom. The zero-order valence-electron chi connectivity index (χ0n) is 11.9. The van der Waals surface area contributed by atoms with Crippen LogP contribution >= 0.6 is 0 Å². The highest BCUT2D eigenvalue weighted by atomic mass is 32.2. The molecular formula is C13H17N3O5S. The van der Waals surface area contributed by atoms with Crippen molar-refractivity contribution in [3.63, 3.8) is 0 Å². The monoisotopic (exact) mass is 327 g/mol. The molecule has 8 nitrogen and oxygen atoms in total. The van der Waals surface area contributed by atoms with Gasteiger partial charge in [-0.05, 0) is 25.0 Å². The molecule has 0 amide bonds. The lowest BCUT2D eigenvalue weighted by Gasteiger charge is -2.26. The molecule has 1 heterocycles. The molecule has 1 aromatic carbocycles. The first-order chi connectivity index (χ1) is 10.5. The fraction of sp³-hybridized carbons (Fsp3) is 0.538. The number of ether oxygens (including phenoxy) is 1. The van der Waals surface area contributed by atoms with Gasteiger partial charge in [-0.15, -0.1) is 0 Å². The van der Waals surface area contributed by atoms with Crippen molar-refractivity contribution in [2.75, 3.05) is 31.6 Å². The molecule has 0 bridgehead atoms. The summed E-state index contributed by atoms with van der Waals surface area (Å²) in [5, 5.41) is 14.3. The van der Waals surface area contributed by atoms with Crippen LogP contribution in [0.25, 0.3) is 0 Å². The van der Waals surface area contributed by atoms with Crippen LogP contribution in [0.15, 0.2) is 23.1 Å². The van der Waals surface area contributed by atoms with Crippen molar-refractivity contribution in [2.24, 2.45) is 0 Å². The van der Waals surface area contributed by atoms with Crippen molar-refractivity contribution in [3.8, 4) is 0 Å². The average Bonchev–Trinajstić information content (AvgIpc) is 3.32. The maximum Gasteiger partial charge on any atom is 0.293 e. The van der Waals surface area contributed by atoms with Crippen LogP contribution in [0.3, 0.4) is 0 Å². The van der Waals surface area contributed by atoms with Crippen LogP contribution in [0.1, 0.15) is 12.8 Å². The highest BCUT2D eigenvalue weighted by Gasteiger charge is 2.30. The van der Waals surface area contributed by atoms with E-state index in [1.54, 1.807) is 0 Å². The normalized spacial score (nSPS) is 19.8. The maximum atomic E-state index is 12.5. The third-order valence-electron chi connectivity index (χ3n) is 3.71. The minimum absolute atomic E-state index is 0.0533. The predicted molar refractivity (Wildman–Crippen MR) is 79.3 cm³/mol. The molecule has 1 N–H and O–H groups in total. The van der Waals surface area contributed by atoms with Crippen molar-refractivity contribution in [3.05, 3.63) is 28.3 Å². The summed E-state index contributed by atoms with van der Waals surface area (Å²) >= 11 is 0. The summed E-state index contributed by atoms with van der Waals surface area (Å²) in [6.07, 6.45) is 1.95. The second-order valence-electron chi connectivity index (χ2n) is 5.37. The molecule has 3 rings (SSSR count). The van der Waals surface area contributed by atoms with E-state index in [1.165, 1.54) is 16.4 Å². The number of nitrogens with one attached hydrogen (secondary N) is 1. The van der Waals surface area contributed by atoms with Crippen molar-refractivity contribution in [1.29, 1.82) is 0 Å². The summed E-state index contributed by atoms with van der Waals surface area (Å²) in [6, 6.07) is 4.28. The summed E-state index contributed by atoms with van der Waals surface area (Å²) in [4.78, 5) is 10.6. The van der Waals surface area contributed by atoms with Crippen molar-refractivity contribution in [2.45, 2.75) is 23.8 Å². The van der Waals surface area contributed by atoms with E-state index in [4.69, 9.17) is 4.74 Å². The van der Waals surface area contributed by atoms with Crippen molar-refractivity contribution >= 4 is 21.4 Å². The number of nitrogens with zero attached hydrogens (tertiary/aromatic N) is 2. The Hall–Kier alpha value is -1.71. The smallest absolute Gasteiger partial charge is 0.293 e. The summed E-state index contributed by atoms with van der Waals surface area (Å²) < 4.78 is 31.5. The summed E-state index contributed by atoms with van der Waals surface area (Å²) in [5.41, 5.74) is 0.162. The van der Waals surface area contributed by atoms with Crippen molar-refractivity contribution in [1.82, 2.24) is 4.31 Å². The van der Waals surface area contributed by atoms with Gasteiger partial charge in [0.2, 0.25) is 10.0 Å². The number of hydrogen-bond acceptors (Lipinski definition) is 6. The number of rotatable bonds is 5. The Bertz CT molecular complexity index is 681. The van der Waals surface area contributed by atoms with E-state index in [-0.39, 0.29) is 29.7 Å². The molecule has 120 valence electrons. The second kappa shape index (κ2) is 5.82. The van der Waals surface area contributed by atoms with Crippen LogP contribution in [0, 0.1) is 10.1 Å². The van der Waals surface area contributed by atoms with Gasteiger partial charge in [0.05, 0.1) is 23.0 Å². The van der Waals surface area contributed by atoms with E-state index in [2.05, 4.69) is 5.32 Å². The molecule has 0 atom stereocenters. The van der Waals surface area contributed by atoms with E-state index in [0.29, 0.717) is 18.9 Å². The molecule has 1 aliphatic carbocycles. The number of hydrogen-bond donors (Lipinski definition) is 1. The van der Waals surface area contributed by atoms with Gasteiger partial charge in [-0.3, -0.25) is 10.1 Å². The van der Waals surface area contributed by atoms with E-state index in [1.807, 2.05) is 0 Å². The first kappa shape index (κ1) is 15.2. The van der Waals surface area contributed by atoms with Gasteiger partial charge in [0, 0.05) is 25.2 Å². The first-order valence-electron chi connectivity index (χ1n) is 7.11. The number of nitro groups is 1. The molecule has 0 spiro atoms. The summed E-state index contributed by atoms with van der Waals surface area (Å²) in [6.45, 7) is 1.20. The third kappa shape index (κ3) is 3.06. The molecule has 2 aliphatic rings. The molecule has 0 radical (unpaired) electrons. The molecule has 1 saturated heterocycles. The van der Waals surface area contributed by atoms with E-state index < -0.39 is 14.9 Å². The first-order valence-corrected chi connectivity index (χ1v) is 8.55. The lowest BCUT2D eigenvalue weighted by molar-refractivity contribution is -0.384. The van der Waals surface area contributed by atoms with E-state index in [9.17, 15) is 18.5 Å². The van der Waals surface area contributed by atoms with Crippen LogP contribution in [-0.4, -0.2) is 50.0 Å². The van der Waals surface area contributed by atoms with Crippen molar-refractivity contribution < 1.29 is 18.1 Å². The summed E-state index contributed by atoms with van der Waals surface area (Å²) in [7, 11) is -3.73. The molecule has 9 heteroatoms. The molecule has 0 aromatic heterocycles. The number of sulfonamides is 1. The minimum Gasteiger partial charge on any atom is -0.379 e. The third-order valence-corrected chi connectivity index (χ3v) is 5.61. The van der Waals surface area contributed by atoms with Gasteiger partial charge in [0.25, 0.3) is 5.69 Å². The largest absolute Gasteiger partial charge is 0.379 e. The Morgan fingerprint density at radius 1 is 1.27 bits per heavy atom. The molecule has 1 aliphatic heterocycles. The highest BCUT2D eigenvalue weighted by molar-refractivity contribution is 7.89. The zero-order chi connectivity index (χ0) is 15.7. The van der Waals surface area contributed by atoms with Crippen LogP contribution in [0.4, 0.5) is 11.4 Å². The predicted octanol–water partition coefficient (Wildman–Crippen LogP) is 1.19. The fourth-order valence-corrected chi connectivity index (χ4v) is 3.76. The van der Waals surface area contributed by atoms with Gasteiger partial charge in [0.15, 0.2) is 0 Å². The molecule has 22 heavy (non-hydrogen) atoms. The van der Waals surface area contributed by atoms with Gasteiger partial charge >= 0.3 is 0 Å². The van der Waals surface area contributed by atoms with Gasteiger partial charge in [-0.2, -0.15) is 4.31 Å². The molecule has 2 fully saturated rings. The standard InChI is InChI=1S/C13H17N3O5S/c17-16(18)13-9-11(3-4-12(13)14-10-1-2-10)22(19,20)15-5-7-21-8-6-15/h3-4,9-10,14H,1-2,5-8H2. The van der Waals surface area contributed by atoms with Gasteiger partial charge in [-0.25, -0.2) is 8.42 Å². The fourth-order valence-electron chi connectivity index (χ4n) is 2.33. The molecule has 0 unspecified atom stereocenters. The van der Waals surface area contributed by atoms with Crippen LogP contribution < -0.4 is 5.32 Å². The van der Waals surface area contributed by atoms with Crippen LogP contribution in [0.2, 0.25) is 0 Å². The van der Waals surface area contributed by atoms with E-state index in [0.717, 1.165) is 18.9 Å². The van der Waals surface area contributed by atoms with Gasteiger partial charge in [0.1, 0.15) is 5.69 Å². The quantitative estimate of drug-likeness (QED) is 0.644. The molecule has 1 aromatic rings. The lowest BCUT2D eigenvalue weighted by atomic mass is 10.2. The second-order valence-corrected chi connectivity index (χ2v) is 7.31. The minimum atomic E-state index is -3.73. The Balaban J connectivity index is 1.92. The molecular weight excluding hydrogens is 310 g/mol. The highest BCUT2D eigenvalue weighted by Crippen LogP contribution is 2.33. The Labute approximate surface area is 128 Å². The van der Waals surface area contributed by atoms with Crippen LogP contribution in [0.5, 0.6) is 0 Å². The molecule has 1 saturated carbocycles. The van der Waals surface area contributed by atoms with Crippen LogP contribution in [-0.2, 0) is 14.8 Å². The van der Waals surface area contributed by atoms with E-state index >= 15 is 0 Å². The van der Waals surface area contributed by atoms with Gasteiger partial charge in [-0.1, -0.05) is 0 Å². The number of anilines is 1. The SMILES string of the molecule is O=[N+]([O-])c1cc(S(=O)(=O)N2CCOCC2)ccc1NC1CC1. The van der Waals surface area contributed by atoms with Gasteiger partial charge < -0.3 is 10.1 Å². The number of morpholine rings is 1. The Kier molecular flexibility index (Phi) is 4.02. The zero-order valence-corrected chi connectivity index (χ0v) is 12.7. The summed E-state index contributed by atoms with van der Waals surface area (Å²) in [5.74, 6) is 0. The number of benzene rings is 1. The Morgan fingerprint density at radius 3 is 2.55 bits per heavy atom. The average molecular weight is 327 g/mol.